The van der Waals surface area contributed by atoms with Crippen molar-refractivity contribution in [2.45, 2.75) is 6.18 Å². The van der Waals surface area contributed by atoms with Gasteiger partial charge >= 0.3 is 12.2 Å². The number of alkyl halides is 3. The van der Waals surface area contributed by atoms with Crippen LogP contribution in [0.1, 0.15) is 5.56 Å². The second-order valence-electron chi connectivity index (χ2n) is 6.12. The van der Waals surface area contributed by atoms with Crippen molar-refractivity contribution in [1.82, 2.24) is 0 Å². The molecule has 0 saturated carbocycles. The van der Waals surface area contributed by atoms with Crippen LogP contribution in [0.15, 0.2) is 54.6 Å². The Bertz CT molecular complexity index is 1120. The molecule has 11 heteroatoms. The van der Waals surface area contributed by atoms with E-state index in [1.54, 1.807) is 0 Å². The van der Waals surface area contributed by atoms with Crippen LogP contribution in [0.3, 0.4) is 0 Å². The molecule has 0 fully saturated rings. The highest BCUT2D eigenvalue weighted by atomic mass is 35.5. The van der Waals surface area contributed by atoms with Gasteiger partial charge in [-0.1, -0.05) is 46.4 Å². The van der Waals surface area contributed by atoms with Crippen molar-refractivity contribution < 1.29 is 22.7 Å². The molecular formula is C20H11Cl4F3N2O2. The van der Waals surface area contributed by atoms with E-state index in [0.717, 1.165) is 18.2 Å². The number of benzene rings is 3. The van der Waals surface area contributed by atoms with E-state index in [9.17, 15) is 18.0 Å². The molecule has 0 bridgehead atoms. The van der Waals surface area contributed by atoms with Crippen molar-refractivity contribution in [2.75, 3.05) is 10.6 Å². The van der Waals surface area contributed by atoms with Gasteiger partial charge in [0, 0.05) is 20.8 Å². The van der Waals surface area contributed by atoms with Gasteiger partial charge in [0.15, 0.2) is 5.75 Å². The van der Waals surface area contributed by atoms with E-state index in [0.29, 0.717) is 5.02 Å². The Morgan fingerprint density at radius 2 is 1.42 bits per heavy atom. The van der Waals surface area contributed by atoms with Crippen molar-refractivity contribution in [3.05, 3.63) is 80.3 Å². The van der Waals surface area contributed by atoms with E-state index in [4.69, 9.17) is 51.1 Å². The molecule has 0 saturated heterocycles. The van der Waals surface area contributed by atoms with Crippen LogP contribution in [-0.4, -0.2) is 6.03 Å². The summed E-state index contributed by atoms with van der Waals surface area (Å²) < 4.78 is 45.1. The summed E-state index contributed by atoms with van der Waals surface area (Å²) in [7, 11) is 0. The highest BCUT2D eigenvalue weighted by molar-refractivity contribution is 6.36. The maximum absolute atomic E-state index is 13.2. The van der Waals surface area contributed by atoms with Crippen molar-refractivity contribution in [3.8, 4) is 11.5 Å². The van der Waals surface area contributed by atoms with Gasteiger partial charge in [0.25, 0.3) is 0 Å². The second kappa shape index (κ2) is 9.44. The summed E-state index contributed by atoms with van der Waals surface area (Å²) in [6, 6.07) is 10.4. The SMILES string of the molecule is O=C(Nc1cc(Cl)cc(Cl)c1)Nc1cc(C(F)(F)F)ccc1Oc1ccc(Cl)cc1Cl. The monoisotopic (exact) mass is 508 g/mol. The van der Waals surface area contributed by atoms with E-state index < -0.39 is 17.8 Å². The Morgan fingerprint density at radius 1 is 0.774 bits per heavy atom. The first-order valence-corrected chi connectivity index (χ1v) is 9.91. The molecule has 0 aromatic heterocycles. The third-order valence-corrected chi connectivity index (χ3v) is 4.76. The Balaban J connectivity index is 1.90. The fourth-order valence-electron chi connectivity index (χ4n) is 2.48. The number of ether oxygens (including phenoxy) is 1. The van der Waals surface area contributed by atoms with Crippen LogP contribution in [0.4, 0.5) is 29.3 Å². The van der Waals surface area contributed by atoms with Gasteiger partial charge in [-0.25, -0.2) is 4.79 Å². The molecule has 0 aliphatic heterocycles. The summed E-state index contributed by atoms with van der Waals surface area (Å²) in [5.74, 6) is 0.0624. The Labute approximate surface area is 194 Å². The fraction of sp³-hybridized carbons (Fsp3) is 0.0500. The quantitative estimate of drug-likeness (QED) is 0.369. The largest absolute Gasteiger partial charge is 0.454 e. The number of urea groups is 1. The van der Waals surface area contributed by atoms with E-state index in [-0.39, 0.29) is 37.9 Å². The highest BCUT2D eigenvalue weighted by Crippen LogP contribution is 2.39. The first kappa shape index (κ1) is 23.3. The molecule has 0 atom stereocenters. The molecule has 2 N–H and O–H groups in total. The number of carbonyl (C=O) groups is 1. The molecule has 3 aromatic carbocycles. The molecule has 31 heavy (non-hydrogen) atoms. The van der Waals surface area contributed by atoms with E-state index in [1.807, 2.05) is 0 Å². The number of hydrogen-bond donors (Lipinski definition) is 2. The number of hydrogen-bond acceptors (Lipinski definition) is 2. The first-order valence-electron chi connectivity index (χ1n) is 8.39. The number of halogens is 7. The predicted octanol–water partition coefficient (Wildman–Crippen LogP) is 8.76. The molecule has 2 amide bonds. The van der Waals surface area contributed by atoms with Gasteiger partial charge in [-0.2, -0.15) is 13.2 Å². The summed E-state index contributed by atoms with van der Waals surface area (Å²) >= 11 is 23.7. The number of carbonyl (C=O) groups excluding carboxylic acids is 1. The van der Waals surface area contributed by atoms with Crippen LogP contribution < -0.4 is 15.4 Å². The van der Waals surface area contributed by atoms with Gasteiger partial charge < -0.3 is 15.4 Å². The van der Waals surface area contributed by atoms with Crippen LogP contribution in [0.25, 0.3) is 0 Å². The van der Waals surface area contributed by atoms with Crippen molar-refractivity contribution >= 4 is 63.8 Å². The van der Waals surface area contributed by atoms with Gasteiger partial charge in [0.2, 0.25) is 0 Å². The molecule has 0 radical (unpaired) electrons. The molecule has 0 aliphatic carbocycles. The topological polar surface area (TPSA) is 50.4 Å². The first-order chi connectivity index (χ1) is 14.5. The van der Waals surface area contributed by atoms with Crippen molar-refractivity contribution in [3.63, 3.8) is 0 Å². The molecule has 162 valence electrons. The molecule has 4 nitrogen and oxygen atoms in total. The Kier molecular flexibility index (Phi) is 7.11. The Morgan fingerprint density at radius 3 is 2.03 bits per heavy atom. The number of anilines is 2. The summed E-state index contributed by atoms with van der Waals surface area (Å²) in [6.45, 7) is 0. The van der Waals surface area contributed by atoms with Crippen LogP contribution in [0.5, 0.6) is 11.5 Å². The molecule has 0 spiro atoms. The normalized spacial score (nSPS) is 11.2. The van der Waals surface area contributed by atoms with E-state index in [2.05, 4.69) is 10.6 Å². The zero-order valence-electron chi connectivity index (χ0n) is 15.2. The molecule has 0 heterocycles. The summed E-state index contributed by atoms with van der Waals surface area (Å²) in [5, 5.41) is 5.79. The minimum absolute atomic E-state index is 0.0727. The second-order valence-corrected chi connectivity index (χ2v) is 7.84. The number of amides is 2. The lowest BCUT2D eigenvalue weighted by molar-refractivity contribution is -0.137. The predicted molar refractivity (Wildman–Crippen MR) is 117 cm³/mol. The zero-order valence-corrected chi connectivity index (χ0v) is 18.2. The molecule has 0 aliphatic rings. The summed E-state index contributed by atoms with van der Waals surface area (Å²) in [5.41, 5.74) is -0.986. The maximum atomic E-state index is 13.2. The van der Waals surface area contributed by atoms with Crippen LogP contribution >= 0.6 is 46.4 Å². The lowest BCUT2D eigenvalue weighted by Crippen LogP contribution is -2.20. The number of rotatable bonds is 4. The van der Waals surface area contributed by atoms with Gasteiger partial charge in [-0.05, 0) is 54.6 Å². The van der Waals surface area contributed by atoms with Crippen LogP contribution in [0.2, 0.25) is 20.1 Å². The smallest absolute Gasteiger partial charge is 0.416 e. The standard InChI is InChI=1S/C20H11Cl4F3N2O2/c21-11-2-4-17(15(24)9-11)31-18-3-1-10(20(25,26)27)5-16(18)29-19(30)28-14-7-12(22)6-13(23)8-14/h1-9H,(H2,28,29,30). The van der Waals surface area contributed by atoms with Gasteiger partial charge in [-0.3, -0.25) is 0 Å². The van der Waals surface area contributed by atoms with Gasteiger partial charge in [0.05, 0.1) is 16.3 Å². The average Bonchev–Trinajstić information content (AvgIpc) is 2.63. The average molecular weight is 510 g/mol. The lowest BCUT2D eigenvalue weighted by atomic mass is 10.1. The minimum Gasteiger partial charge on any atom is -0.454 e. The molecule has 0 unspecified atom stereocenters. The number of nitrogens with one attached hydrogen (secondary N) is 2. The minimum atomic E-state index is -4.64. The molecule has 3 rings (SSSR count). The third kappa shape index (κ3) is 6.33. The third-order valence-electron chi connectivity index (χ3n) is 3.79. The van der Waals surface area contributed by atoms with Crippen LogP contribution in [-0.2, 0) is 6.18 Å². The summed E-state index contributed by atoms with van der Waals surface area (Å²) in [6.07, 6.45) is -4.64. The maximum Gasteiger partial charge on any atom is 0.416 e. The molecular weight excluding hydrogens is 499 g/mol. The van der Waals surface area contributed by atoms with Crippen LogP contribution in [0, 0.1) is 0 Å². The highest BCUT2D eigenvalue weighted by Gasteiger charge is 2.31. The van der Waals surface area contributed by atoms with E-state index in [1.165, 1.54) is 36.4 Å². The van der Waals surface area contributed by atoms with E-state index >= 15 is 0 Å². The van der Waals surface area contributed by atoms with Gasteiger partial charge in [0.1, 0.15) is 5.75 Å². The Hall–Kier alpha value is -2.32. The molecule has 3 aromatic rings. The van der Waals surface area contributed by atoms with Crippen molar-refractivity contribution in [1.29, 1.82) is 0 Å². The summed E-state index contributed by atoms with van der Waals surface area (Å²) in [4.78, 5) is 12.4. The van der Waals surface area contributed by atoms with Crippen molar-refractivity contribution in [2.24, 2.45) is 0 Å². The lowest BCUT2D eigenvalue weighted by Gasteiger charge is -2.16. The zero-order chi connectivity index (χ0) is 22.8. The fourth-order valence-corrected chi connectivity index (χ4v) is 3.45. The van der Waals surface area contributed by atoms with Gasteiger partial charge in [-0.15, -0.1) is 0 Å².